The second-order valence-corrected chi connectivity index (χ2v) is 4.04. The van der Waals surface area contributed by atoms with Gasteiger partial charge in [0, 0.05) is 18.0 Å². The summed E-state index contributed by atoms with van der Waals surface area (Å²) >= 11 is 5.94. The second kappa shape index (κ2) is 6.26. The third kappa shape index (κ3) is 3.92. The Morgan fingerprint density at radius 3 is 2.61 bits per heavy atom. The predicted octanol–water partition coefficient (Wildman–Crippen LogP) is 2.16. The molecule has 18 heavy (non-hydrogen) atoms. The van der Waals surface area contributed by atoms with Gasteiger partial charge in [0.25, 0.3) is 5.91 Å². The van der Waals surface area contributed by atoms with Gasteiger partial charge in [-0.2, -0.15) is 0 Å². The van der Waals surface area contributed by atoms with Crippen LogP contribution in [-0.2, 0) is 14.3 Å². The van der Waals surface area contributed by atoms with E-state index in [0.29, 0.717) is 16.5 Å². The van der Waals surface area contributed by atoms with Gasteiger partial charge in [0.15, 0.2) is 6.61 Å². The van der Waals surface area contributed by atoms with E-state index in [-0.39, 0.29) is 6.61 Å². The Hall–Kier alpha value is -1.75. The van der Waals surface area contributed by atoms with Crippen molar-refractivity contribution in [1.29, 1.82) is 0 Å². The third-order valence-electron chi connectivity index (χ3n) is 2.16. The fraction of sp³-hybridized carbons (Fsp3) is 0.333. The maximum Gasteiger partial charge on any atom is 0.303 e. The Morgan fingerprint density at radius 2 is 2.06 bits per heavy atom. The van der Waals surface area contributed by atoms with Crippen LogP contribution in [0.2, 0.25) is 5.02 Å². The first-order valence-corrected chi connectivity index (χ1v) is 5.59. The number of ether oxygens (including phenoxy) is 2. The standard InChI is InChI=1S/C12H14ClNO4/c1-7-4-10(11(17-3)5-9(7)13)14-12(16)6-18-8(2)15/h4-5H,6H2,1-3H3,(H,14,16). The van der Waals surface area contributed by atoms with Crippen molar-refractivity contribution in [3.8, 4) is 5.75 Å². The molecule has 6 heteroatoms. The van der Waals surface area contributed by atoms with Crippen molar-refractivity contribution in [1.82, 2.24) is 0 Å². The molecule has 0 heterocycles. The number of benzene rings is 1. The summed E-state index contributed by atoms with van der Waals surface area (Å²) in [5.41, 5.74) is 1.29. The number of amides is 1. The monoisotopic (exact) mass is 271 g/mol. The summed E-state index contributed by atoms with van der Waals surface area (Å²) in [7, 11) is 1.47. The topological polar surface area (TPSA) is 64.6 Å². The van der Waals surface area contributed by atoms with Crippen LogP contribution in [0.5, 0.6) is 5.75 Å². The molecule has 0 aliphatic rings. The van der Waals surface area contributed by atoms with Crippen molar-refractivity contribution in [3.05, 3.63) is 22.7 Å². The molecule has 1 aromatic rings. The Balaban J connectivity index is 2.80. The van der Waals surface area contributed by atoms with Crippen LogP contribution in [0.1, 0.15) is 12.5 Å². The average molecular weight is 272 g/mol. The first-order chi connectivity index (χ1) is 8.43. The predicted molar refractivity (Wildman–Crippen MR) is 68.0 cm³/mol. The number of rotatable bonds is 4. The lowest BCUT2D eigenvalue weighted by atomic mass is 10.2. The van der Waals surface area contributed by atoms with E-state index in [0.717, 1.165) is 5.56 Å². The van der Waals surface area contributed by atoms with Crippen molar-refractivity contribution < 1.29 is 19.1 Å². The molecule has 1 amide bonds. The minimum absolute atomic E-state index is 0.333. The van der Waals surface area contributed by atoms with E-state index in [1.54, 1.807) is 12.1 Å². The van der Waals surface area contributed by atoms with Gasteiger partial charge in [-0.05, 0) is 18.6 Å². The maximum absolute atomic E-state index is 11.5. The van der Waals surface area contributed by atoms with Gasteiger partial charge in [-0.25, -0.2) is 0 Å². The summed E-state index contributed by atoms with van der Waals surface area (Å²) in [6.07, 6.45) is 0. The molecule has 0 unspecified atom stereocenters. The second-order valence-electron chi connectivity index (χ2n) is 3.63. The molecule has 98 valence electrons. The van der Waals surface area contributed by atoms with Crippen molar-refractivity contribution in [3.63, 3.8) is 0 Å². The van der Waals surface area contributed by atoms with Gasteiger partial charge >= 0.3 is 5.97 Å². The summed E-state index contributed by atoms with van der Waals surface area (Å²) in [5.74, 6) is -0.503. The number of carbonyl (C=O) groups excluding carboxylic acids is 2. The molecule has 5 nitrogen and oxygen atoms in total. The molecule has 0 spiro atoms. The quantitative estimate of drug-likeness (QED) is 0.853. The largest absolute Gasteiger partial charge is 0.495 e. The number of methoxy groups -OCH3 is 1. The summed E-state index contributed by atoms with van der Waals surface area (Å²) < 4.78 is 9.69. The van der Waals surface area contributed by atoms with Crippen molar-refractivity contribution in [2.75, 3.05) is 19.0 Å². The number of esters is 1. The molecule has 1 aromatic carbocycles. The summed E-state index contributed by atoms with van der Waals surface area (Å²) in [5, 5.41) is 3.13. The normalized spacial score (nSPS) is 9.78. The SMILES string of the molecule is COc1cc(Cl)c(C)cc1NC(=O)COC(C)=O. The lowest BCUT2D eigenvalue weighted by Gasteiger charge is -2.12. The Labute approximate surface area is 110 Å². The van der Waals surface area contributed by atoms with E-state index in [1.165, 1.54) is 14.0 Å². The summed E-state index contributed by atoms with van der Waals surface area (Å²) in [4.78, 5) is 22.1. The van der Waals surface area contributed by atoms with Crippen LogP contribution < -0.4 is 10.1 Å². The van der Waals surface area contributed by atoms with Crippen molar-refractivity contribution in [2.45, 2.75) is 13.8 Å². The number of hydrogen-bond donors (Lipinski definition) is 1. The number of halogens is 1. The number of nitrogens with one attached hydrogen (secondary N) is 1. The Kier molecular flexibility index (Phi) is 4.97. The molecule has 0 saturated heterocycles. The highest BCUT2D eigenvalue weighted by Crippen LogP contribution is 2.30. The van der Waals surface area contributed by atoms with Crippen LogP contribution in [-0.4, -0.2) is 25.6 Å². The molecule has 0 saturated carbocycles. The average Bonchev–Trinajstić information content (AvgIpc) is 2.31. The maximum atomic E-state index is 11.5. The smallest absolute Gasteiger partial charge is 0.303 e. The molecular weight excluding hydrogens is 258 g/mol. The van der Waals surface area contributed by atoms with Gasteiger partial charge in [0.2, 0.25) is 0 Å². The lowest BCUT2D eigenvalue weighted by molar-refractivity contribution is -0.144. The first-order valence-electron chi connectivity index (χ1n) is 5.21. The van der Waals surface area contributed by atoms with E-state index < -0.39 is 11.9 Å². The fourth-order valence-corrected chi connectivity index (χ4v) is 1.44. The van der Waals surface area contributed by atoms with Crippen molar-refractivity contribution >= 4 is 29.2 Å². The van der Waals surface area contributed by atoms with E-state index in [9.17, 15) is 9.59 Å². The molecule has 0 atom stereocenters. The highest BCUT2D eigenvalue weighted by atomic mass is 35.5. The molecule has 0 aliphatic carbocycles. The van der Waals surface area contributed by atoms with Crippen LogP contribution in [0.4, 0.5) is 5.69 Å². The van der Waals surface area contributed by atoms with Crippen LogP contribution in [0.25, 0.3) is 0 Å². The van der Waals surface area contributed by atoms with Crippen LogP contribution in [0, 0.1) is 6.92 Å². The van der Waals surface area contributed by atoms with Crippen LogP contribution >= 0.6 is 11.6 Å². The van der Waals surface area contributed by atoms with E-state index >= 15 is 0 Å². The lowest BCUT2D eigenvalue weighted by Crippen LogP contribution is -2.20. The highest BCUT2D eigenvalue weighted by Gasteiger charge is 2.11. The zero-order valence-electron chi connectivity index (χ0n) is 10.4. The molecule has 0 aromatic heterocycles. The molecule has 1 rings (SSSR count). The van der Waals surface area contributed by atoms with Gasteiger partial charge in [-0.3, -0.25) is 9.59 Å². The van der Waals surface area contributed by atoms with Gasteiger partial charge < -0.3 is 14.8 Å². The number of aryl methyl sites for hydroxylation is 1. The fourth-order valence-electron chi connectivity index (χ4n) is 1.28. The number of anilines is 1. The molecule has 0 fully saturated rings. The van der Waals surface area contributed by atoms with Crippen LogP contribution in [0.15, 0.2) is 12.1 Å². The molecule has 0 radical (unpaired) electrons. The van der Waals surface area contributed by atoms with Crippen molar-refractivity contribution in [2.24, 2.45) is 0 Å². The van der Waals surface area contributed by atoms with E-state index in [2.05, 4.69) is 10.1 Å². The number of carbonyl (C=O) groups is 2. The third-order valence-corrected chi connectivity index (χ3v) is 2.57. The van der Waals surface area contributed by atoms with Gasteiger partial charge in [-0.15, -0.1) is 0 Å². The molecular formula is C12H14ClNO4. The first kappa shape index (κ1) is 14.3. The minimum Gasteiger partial charge on any atom is -0.495 e. The number of hydrogen-bond acceptors (Lipinski definition) is 4. The van der Waals surface area contributed by atoms with E-state index in [1.807, 2.05) is 6.92 Å². The van der Waals surface area contributed by atoms with E-state index in [4.69, 9.17) is 16.3 Å². The summed E-state index contributed by atoms with van der Waals surface area (Å²) in [6.45, 7) is 2.71. The zero-order chi connectivity index (χ0) is 13.7. The van der Waals surface area contributed by atoms with Gasteiger partial charge in [0.05, 0.1) is 12.8 Å². The molecule has 0 aliphatic heterocycles. The Morgan fingerprint density at radius 1 is 1.39 bits per heavy atom. The van der Waals surface area contributed by atoms with Gasteiger partial charge in [0.1, 0.15) is 5.75 Å². The summed E-state index contributed by atoms with van der Waals surface area (Å²) in [6, 6.07) is 3.30. The molecule has 1 N–H and O–H groups in total. The van der Waals surface area contributed by atoms with Crippen LogP contribution in [0.3, 0.4) is 0 Å². The highest BCUT2D eigenvalue weighted by molar-refractivity contribution is 6.31. The molecule has 0 bridgehead atoms. The Bertz CT molecular complexity index is 473. The minimum atomic E-state index is -0.510. The zero-order valence-corrected chi connectivity index (χ0v) is 11.1. The van der Waals surface area contributed by atoms with Gasteiger partial charge in [-0.1, -0.05) is 11.6 Å².